The number of nitrogens with one attached hydrogen (secondary N) is 1. The van der Waals surface area contributed by atoms with Crippen LogP contribution in [0.1, 0.15) is 28.3 Å². The fourth-order valence-electron chi connectivity index (χ4n) is 2.57. The van der Waals surface area contributed by atoms with Crippen LogP contribution in [0, 0.1) is 13.8 Å². The predicted octanol–water partition coefficient (Wildman–Crippen LogP) is 4.58. The van der Waals surface area contributed by atoms with Gasteiger partial charge in [0.05, 0.1) is 7.11 Å². The van der Waals surface area contributed by atoms with E-state index in [0.717, 1.165) is 16.6 Å². The molecule has 21 heavy (non-hydrogen) atoms. The molecule has 0 radical (unpaired) electrons. The van der Waals surface area contributed by atoms with Crippen molar-refractivity contribution in [3.8, 4) is 5.75 Å². The van der Waals surface area contributed by atoms with Crippen LogP contribution in [-0.4, -0.2) is 14.2 Å². The van der Waals surface area contributed by atoms with Crippen LogP contribution >= 0.6 is 15.9 Å². The van der Waals surface area contributed by atoms with E-state index in [1.807, 2.05) is 19.2 Å². The number of ether oxygens (including phenoxy) is 1. The fourth-order valence-corrected chi connectivity index (χ4v) is 2.98. The van der Waals surface area contributed by atoms with E-state index in [4.69, 9.17) is 4.74 Å². The van der Waals surface area contributed by atoms with Crippen molar-refractivity contribution in [2.24, 2.45) is 0 Å². The number of rotatable bonds is 5. The van der Waals surface area contributed by atoms with Crippen molar-refractivity contribution in [2.45, 2.75) is 26.3 Å². The zero-order valence-corrected chi connectivity index (χ0v) is 14.6. The molecule has 2 aromatic carbocycles. The molecule has 2 rings (SSSR count). The van der Waals surface area contributed by atoms with Gasteiger partial charge in [-0.3, -0.25) is 0 Å². The summed E-state index contributed by atoms with van der Waals surface area (Å²) in [5.41, 5.74) is 5.29. The third-order valence-corrected chi connectivity index (χ3v) is 4.82. The molecule has 0 saturated heterocycles. The minimum Gasteiger partial charge on any atom is -0.497 e. The summed E-state index contributed by atoms with van der Waals surface area (Å²) in [4.78, 5) is 0. The summed E-state index contributed by atoms with van der Waals surface area (Å²) in [7, 11) is 3.72. The molecule has 0 aliphatic rings. The van der Waals surface area contributed by atoms with Gasteiger partial charge in [0.15, 0.2) is 0 Å². The minimum atomic E-state index is 0.285. The highest BCUT2D eigenvalue weighted by molar-refractivity contribution is 9.10. The van der Waals surface area contributed by atoms with Crippen LogP contribution in [0.5, 0.6) is 5.75 Å². The van der Waals surface area contributed by atoms with Gasteiger partial charge in [-0.25, -0.2) is 0 Å². The molecule has 1 N–H and O–H groups in total. The van der Waals surface area contributed by atoms with Gasteiger partial charge in [-0.15, -0.1) is 0 Å². The number of aryl methyl sites for hydroxylation is 1. The number of methoxy groups -OCH3 is 1. The van der Waals surface area contributed by atoms with E-state index in [9.17, 15) is 0 Å². The zero-order valence-electron chi connectivity index (χ0n) is 13.0. The van der Waals surface area contributed by atoms with Crippen molar-refractivity contribution in [1.82, 2.24) is 5.32 Å². The van der Waals surface area contributed by atoms with Gasteiger partial charge in [0.1, 0.15) is 5.75 Å². The topological polar surface area (TPSA) is 21.3 Å². The smallest absolute Gasteiger partial charge is 0.119 e. The molecule has 2 aromatic rings. The first-order valence-electron chi connectivity index (χ1n) is 7.12. The zero-order chi connectivity index (χ0) is 15.4. The molecule has 3 heteroatoms. The summed E-state index contributed by atoms with van der Waals surface area (Å²) in [6.07, 6.45) is 0.915. The maximum absolute atomic E-state index is 5.33. The Morgan fingerprint density at radius 3 is 2.62 bits per heavy atom. The van der Waals surface area contributed by atoms with Crippen molar-refractivity contribution in [2.75, 3.05) is 14.2 Å². The highest BCUT2D eigenvalue weighted by Crippen LogP contribution is 2.29. The summed E-state index contributed by atoms with van der Waals surface area (Å²) in [6.45, 7) is 4.35. The summed E-state index contributed by atoms with van der Waals surface area (Å²) in [5.74, 6) is 0.893. The van der Waals surface area contributed by atoms with Crippen LogP contribution in [0.15, 0.2) is 40.9 Å². The molecule has 2 nitrogen and oxygen atoms in total. The van der Waals surface area contributed by atoms with Crippen LogP contribution in [0.2, 0.25) is 0 Å². The van der Waals surface area contributed by atoms with E-state index in [0.29, 0.717) is 0 Å². The second-order valence-electron chi connectivity index (χ2n) is 5.29. The Kier molecular flexibility index (Phi) is 5.43. The molecule has 0 aliphatic heterocycles. The lowest BCUT2D eigenvalue weighted by molar-refractivity contribution is 0.413. The molecule has 1 atom stereocenters. The normalized spacial score (nSPS) is 12.2. The Hall–Kier alpha value is -1.32. The van der Waals surface area contributed by atoms with Crippen LogP contribution in [0.4, 0.5) is 0 Å². The average molecular weight is 348 g/mol. The Balaban J connectivity index is 2.33. The van der Waals surface area contributed by atoms with Crippen LogP contribution < -0.4 is 10.1 Å². The van der Waals surface area contributed by atoms with Gasteiger partial charge in [0.25, 0.3) is 0 Å². The first-order valence-corrected chi connectivity index (χ1v) is 7.92. The number of hydrogen-bond acceptors (Lipinski definition) is 2. The van der Waals surface area contributed by atoms with Crippen molar-refractivity contribution >= 4 is 15.9 Å². The maximum Gasteiger partial charge on any atom is 0.119 e. The van der Waals surface area contributed by atoms with Crippen molar-refractivity contribution < 1.29 is 4.74 Å². The molecule has 0 saturated carbocycles. The third kappa shape index (κ3) is 3.66. The van der Waals surface area contributed by atoms with Crippen LogP contribution in [-0.2, 0) is 6.42 Å². The Morgan fingerprint density at radius 1 is 1.19 bits per heavy atom. The summed E-state index contributed by atoms with van der Waals surface area (Å²) in [5, 5.41) is 3.44. The van der Waals surface area contributed by atoms with Gasteiger partial charge < -0.3 is 10.1 Å². The summed E-state index contributed by atoms with van der Waals surface area (Å²) >= 11 is 3.64. The molecule has 0 heterocycles. The molecule has 1 unspecified atom stereocenters. The maximum atomic E-state index is 5.33. The first-order chi connectivity index (χ1) is 10.1. The lowest BCUT2D eigenvalue weighted by Crippen LogP contribution is -2.20. The Bertz CT molecular complexity index is 625. The summed E-state index contributed by atoms with van der Waals surface area (Å²) in [6, 6.07) is 12.9. The second-order valence-corrected chi connectivity index (χ2v) is 6.15. The van der Waals surface area contributed by atoms with Gasteiger partial charge in [0, 0.05) is 10.5 Å². The molecule has 0 amide bonds. The number of hydrogen-bond donors (Lipinski definition) is 1. The SMILES string of the molecule is CNC(Cc1cc(OC)ccc1Br)c1cccc(C)c1C. The Labute approximate surface area is 135 Å². The fraction of sp³-hybridized carbons (Fsp3) is 0.333. The molecule has 0 aromatic heterocycles. The van der Waals surface area contributed by atoms with Gasteiger partial charge in [0.2, 0.25) is 0 Å². The number of halogens is 1. The Morgan fingerprint density at radius 2 is 1.95 bits per heavy atom. The first kappa shape index (κ1) is 16.1. The quantitative estimate of drug-likeness (QED) is 0.854. The number of benzene rings is 2. The molecule has 112 valence electrons. The van der Waals surface area contributed by atoms with Gasteiger partial charge in [-0.2, -0.15) is 0 Å². The minimum absolute atomic E-state index is 0.285. The van der Waals surface area contributed by atoms with Crippen LogP contribution in [0.25, 0.3) is 0 Å². The van der Waals surface area contributed by atoms with E-state index >= 15 is 0 Å². The van der Waals surface area contributed by atoms with Crippen LogP contribution in [0.3, 0.4) is 0 Å². The molecule has 0 aliphatic carbocycles. The summed E-state index contributed by atoms with van der Waals surface area (Å²) < 4.78 is 6.45. The predicted molar refractivity (Wildman–Crippen MR) is 92.1 cm³/mol. The molecule has 0 bridgehead atoms. The monoisotopic (exact) mass is 347 g/mol. The van der Waals surface area contributed by atoms with E-state index < -0.39 is 0 Å². The van der Waals surface area contributed by atoms with Crippen molar-refractivity contribution in [1.29, 1.82) is 0 Å². The van der Waals surface area contributed by atoms with E-state index in [-0.39, 0.29) is 6.04 Å². The lowest BCUT2D eigenvalue weighted by atomic mass is 9.93. The molecular weight excluding hydrogens is 326 g/mol. The highest BCUT2D eigenvalue weighted by atomic mass is 79.9. The van der Waals surface area contributed by atoms with E-state index in [1.54, 1.807) is 7.11 Å². The molecule has 0 fully saturated rings. The van der Waals surface area contributed by atoms with E-state index in [1.165, 1.54) is 22.3 Å². The second kappa shape index (κ2) is 7.10. The molecular formula is C18H22BrNO. The van der Waals surface area contributed by atoms with Gasteiger partial charge in [-0.1, -0.05) is 34.1 Å². The van der Waals surface area contributed by atoms with Crippen molar-refractivity contribution in [3.05, 3.63) is 63.1 Å². The highest BCUT2D eigenvalue weighted by Gasteiger charge is 2.15. The largest absolute Gasteiger partial charge is 0.497 e. The number of likely N-dealkylation sites (N-methyl/N-ethyl adjacent to an activating group) is 1. The standard InChI is InChI=1S/C18H22BrNO/c1-12-6-5-7-16(13(12)2)18(20-3)11-14-10-15(21-4)8-9-17(14)19/h5-10,18,20H,11H2,1-4H3. The van der Waals surface area contributed by atoms with E-state index in [2.05, 4.69) is 59.4 Å². The van der Waals surface area contributed by atoms with Gasteiger partial charge in [-0.05, 0) is 67.8 Å². The van der Waals surface area contributed by atoms with Gasteiger partial charge >= 0.3 is 0 Å². The van der Waals surface area contributed by atoms with Crippen molar-refractivity contribution in [3.63, 3.8) is 0 Å². The third-order valence-electron chi connectivity index (χ3n) is 4.05. The average Bonchev–Trinajstić information content (AvgIpc) is 2.49. The lowest BCUT2D eigenvalue weighted by Gasteiger charge is -2.21. The molecule has 0 spiro atoms.